The predicted octanol–water partition coefficient (Wildman–Crippen LogP) is 3.71. The highest BCUT2D eigenvalue weighted by atomic mass is 16.1. The summed E-state index contributed by atoms with van der Waals surface area (Å²) in [7, 11) is 0. The van der Waals surface area contributed by atoms with E-state index >= 15 is 0 Å². The zero-order chi connectivity index (χ0) is 17.5. The second-order valence-electron chi connectivity index (χ2n) is 5.82. The molecule has 0 spiro atoms. The van der Waals surface area contributed by atoms with Gasteiger partial charge in [-0.15, -0.1) is 0 Å². The summed E-state index contributed by atoms with van der Waals surface area (Å²) in [6.07, 6.45) is 1.71. The number of nitrogens with one attached hydrogen (secondary N) is 2. The predicted molar refractivity (Wildman–Crippen MR) is 100 cm³/mol. The first-order valence-electron chi connectivity index (χ1n) is 8.29. The molecule has 1 aromatic heterocycles. The molecule has 3 aromatic rings. The van der Waals surface area contributed by atoms with Crippen LogP contribution in [0.4, 0.5) is 5.69 Å². The van der Waals surface area contributed by atoms with Gasteiger partial charge < -0.3 is 5.32 Å². The summed E-state index contributed by atoms with van der Waals surface area (Å²) in [4.78, 5) is 16.5. The van der Waals surface area contributed by atoms with Crippen molar-refractivity contribution in [3.05, 3.63) is 95.8 Å². The number of anilines is 1. The summed E-state index contributed by atoms with van der Waals surface area (Å²) in [5.41, 5.74) is 3.79. The van der Waals surface area contributed by atoms with Crippen LogP contribution in [0.15, 0.2) is 79.0 Å². The van der Waals surface area contributed by atoms with Crippen LogP contribution in [0, 0.1) is 6.92 Å². The zero-order valence-electron chi connectivity index (χ0n) is 14.1. The van der Waals surface area contributed by atoms with Crippen LogP contribution in [0.5, 0.6) is 0 Å². The van der Waals surface area contributed by atoms with Crippen LogP contribution in [0.25, 0.3) is 0 Å². The van der Waals surface area contributed by atoms with Gasteiger partial charge in [-0.3, -0.25) is 15.1 Å². The molecule has 0 radical (unpaired) electrons. The maximum atomic E-state index is 12.3. The first kappa shape index (κ1) is 16.9. The number of benzene rings is 2. The van der Waals surface area contributed by atoms with E-state index in [-0.39, 0.29) is 18.5 Å². The van der Waals surface area contributed by atoms with Crippen LogP contribution in [-0.2, 0) is 4.79 Å². The highest BCUT2D eigenvalue weighted by Gasteiger charge is 2.15. The molecule has 1 amide bonds. The van der Waals surface area contributed by atoms with Gasteiger partial charge in [0.25, 0.3) is 0 Å². The number of hydrogen-bond acceptors (Lipinski definition) is 3. The molecule has 0 aliphatic carbocycles. The molecule has 0 aliphatic heterocycles. The fourth-order valence-electron chi connectivity index (χ4n) is 2.72. The van der Waals surface area contributed by atoms with Crippen LogP contribution in [0.3, 0.4) is 0 Å². The van der Waals surface area contributed by atoms with Gasteiger partial charge in [-0.1, -0.05) is 60.7 Å². The van der Waals surface area contributed by atoms with E-state index in [9.17, 15) is 4.79 Å². The summed E-state index contributed by atoms with van der Waals surface area (Å²) in [5, 5.41) is 6.26. The molecular formula is C21H21N3O. The minimum absolute atomic E-state index is 0.0388. The lowest BCUT2D eigenvalue weighted by molar-refractivity contribution is -0.115. The van der Waals surface area contributed by atoms with E-state index in [4.69, 9.17) is 0 Å². The maximum absolute atomic E-state index is 12.3. The molecule has 3 rings (SSSR count). The van der Waals surface area contributed by atoms with Gasteiger partial charge in [-0.05, 0) is 30.2 Å². The van der Waals surface area contributed by atoms with E-state index in [1.807, 2.05) is 55.5 Å². The molecule has 2 aromatic carbocycles. The first-order chi connectivity index (χ1) is 12.2. The van der Waals surface area contributed by atoms with E-state index in [0.717, 1.165) is 22.5 Å². The number of nitrogens with zero attached hydrogens (tertiary/aromatic N) is 1. The number of rotatable bonds is 6. The van der Waals surface area contributed by atoms with Gasteiger partial charge in [0.1, 0.15) is 0 Å². The molecule has 0 atom stereocenters. The van der Waals surface area contributed by atoms with E-state index in [1.54, 1.807) is 6.20 Å². The number of carbonyl (C=O) groups excluding carboxylic acids is 1. The molecule has 4 nitrogen and oxygen atoms in total. The van der Waals surface area contributed by atoms with Crippen LogP contribution in [0.1, 0.15) is 22.9 Å². The number of carbonyl (C=O) groups is 1. The Kier molecular flexibility index (Phi) is 5.54. The van der Waals surface area contributed by atoms with E-state index < -0.39 is 0 Å². The number of amides is 1. The van der Waals surface area contributed by atoms with Gasteiger partial charge in [-0.2, -0.15) is 0 Å². The Morgan fingerprint density at radius 1 is 0.920 bits per heavy atom. The molecule has 25 heavy (non-hydrogen) atoms. The van der Waals surface area contributed by atoms with Gasteiger partial charge >= 0.3 is 0 Å². The van der Waals surface area contributed by atoms with Crippen LogP contribution < -0.4 is 10.6 Å². The number of pyridine rings is 1. The van der Waals surface area contributed by atoms with Crippen molar-refractivity contribution in [2.24, 2.45) is 0 Å². The van der Waals surface area contributed by atoms with Gasteiger partial charge in [0, 0.05) is 6.20 Å². The average molecular weight is 331 g/mol. The summed E-state index contributed by atoms with van der Waals surface area (Å²) >= 11 is 0. The highest BCUT2D eigenvalue weighted by Crippen LogP contribution is 2.21. The lowest BCUT2D eigenvalue weighted by Gasteiger charge is -2.20. The Balaban J connectivity index is 1.71. The highest BCUT2D eigenvalue weighted by molar-refractivity contribution is 5.92. The molecule has 0 bridgehead atoms. The van der Waals surface area contributed by atoms with Crippen LogP contribution in [-0.4, -0.2) is 17.4 Å². The molecule has 4 heteroatoms. The van der Waals surface area contributed by atoms with Crippen molar-refractivity contribution in [3.8, 4) is 0 Å². The number of hydrogen-bond donors (Lipinski definition) is 2. The minimum Gasteiger partial charge on any atom is -0.323 e. The fraction of sp³-hybridized carbons (Fsp3) is 0.143. The molecule has 0 saturated carbocycles. The molecule has 0 unspecified atom stereocenters. The summed E-state index contributed by atoms with van der Waals surface area (Å²) in [6.45, 7) is 2.09. The Labute approximate surface area is 147 Å². The number of aromatic nitrogens is 1. The van der Waals surface area contributed by atoms with Gasteiger partial charge in [0.15, 0.2) is 0 Å². The zero-order valence-corrected chi connectivity index (χ0v) is 14.1. The maximum Gasteiger partial charge on any atom is 0.238 e. The first-order valence-corrected chi connectivity index (χ1v) is 8.29. The molecule has 126 valence electrons. The lowest BCUT2D eigenvalue weighted by Crippen LogP contribution is -2.32. The van der Waals surface area contributed by atoms with E-state index in [1.165, 1.54) is 0 Å². The molecular weight excluding hydrogens is 310 g/mol. The van der Waals surface area contributed by atoms with Gasteiger partial charge in [-0.25, -0.2) is 0 Å². The smallest absolute Gasteiger partial charge is 0.238 e. The Hall–Kier alpha value is -2.98. The molecule has 0 saturated heterocycles. The van der Waals surface area contributed by atoms with Crippen LogP contribution >= 0.6 is 0 Å². The average Bonchev–Trinajstić information content (AvgIpc) is 2.66. The Morgan fingerprint density at radius 2 is 1.52 bits per heavy atom. The second kappa shape index (κ2) is 8.22. The SMILES string of the molecule is Cc1ncccc1NC(=O)CNC(c1ccccc1)c1ccccc1. The van der Waals surface area contributed by atoms with Crippen molar-refractivity contribution in [3.63, 3.8) is 0 Å². The molecule has 0 fully saturated rings. The normalized spacial score (nSPS) is 10.6. The third-order valence-electron chi connectivity index (χ3n) is 4.01. The topological polar surface area (TPSA) is 54.0 Å². The standard InChI is InChI=1S/C21H21N3O/c1-16-19(13-8-14-22-16)24-20(25)15-23-21(17-9-4-2-5-10-17)18-11-6-3-7-12-18/h2-14,21,23H,15H2,1H3,(H,24,25). The van der Waals surface area contributed by atoms with Gasteiger partial charge in [0.2, 0.25) is 5.91 Å². The Morgan fingerprint density at radius 3 is 2.08 bits per heavy atom. The third kappa shape index (κ3) is 4.52. The van der Waals surface area contributed by atoms with Crippen molar-refractivity contribution >= 4 is 11.6 Å². The monoisotopic (exact) mass is 331 g/mol. The van der Waals surface area contributed by atoms with Gasteiger partial charge in [0.05, 0.1) is 24.0 Å². The summed E-state index contributed by atoms with van der Waals surface area (Å²) < 4.78 is 0. The van der Waals surface area contributed by atoms with Crippen molar-refractivity contribution in [2.75, 3.05) is 11.9 Å². The quantitative estimate of drug-likeness (QED) is 0.724. The fourth-order valence-corrected chi connectivity index (χ4v) is 2.72. The molecule has 2 N–H and O–H groups in total. The van der Waals surface area contributed by atoms with Crippen molar-refractivity contribution in [1.82, 2.24) is 10.3 Å². The summed E-state index contributed by atoms with van der Waals surface area (Å²) in [6, 6.07) is 23.9. The molecule has 0 aliphatic rings. The van der Waals surface area contributed by atoms with E-state index in [0.29, 0.717) is 0 Å². The second-order valence-corrected chi connectivity index (χ2v) is 5.82. The number of aryl methyl sites for hydroxylation is 1. The summed E-state index contributed by atoms with van der Waals surface area (Å²) in [5.74, 6) is -0.0898. The Bertz CT molecular complexity index is 779. The van der Waals surface area contributed by atoms with Crippen molar-refractivity contribution in [1.29, 1.82) is 0 Å². The third-order valence-corrected chi connectivity index (χ3v) is 4.01. The minimum atomic E-state index is -0.0898. The lowest BCUT2D eigenvalue weighted by atomic mass is 9.99. The molecule has 1 heterocycles. The van der Waals surface area contributed by atoms with Crippen molar-refractivity contribution in [2.45, 2.75) is 13.0 Å². The van der Waals surface area contributed by atoms with Crippen LogP contribution in [0.2, 0.25) is 0 Å². The largest absolute Gasteiger partial charge is 0.323 e. The van der Waals surface area contributed by atoms with E-state index in [2.05, 4.69) is 39.9 Å². The van der Waals surface area contributed by atoms with Crippen molar-refractivity contribution < 1.29 is 4.79 Å².